The second-order valence-electron chi connectivity index (χ2n) is 5.57. The van der Waals surface area contributed by atoms with Crippen molar-refractivity contribution in [2.75, 3.05) is 13.2 Å². The second kappa shape index (κ2) is 8.26. The molecule has 0 aliphatic heterocycles. The van der Waals surface area contributed by atoms with Crippen molar-refractivity contribution >= 4 is 16.9 Å². The first-order chi connectivity index (χ1) is 12.2. The average molecular weight is 337 g/mol. The van der Waals surface area contributed by atoms with Crippen molar-refractivity contribution in [1.29, 1.82) is 0 Å². The van der Waals surface area contributed by atoms with E-state index in [1.807, 2.05) is 48.5 Å². The second-order valence-corrected chi connectivity index (χ2v) is 5.57. The number of rotatable bonds is 8. The number of para-hydroxylation sites is 1. The van der Waals surface area contributed by atoms with E-state index < -0.39 is 5.97 Å². The minimum absolute atomic E-state index is 0.0194. The van der Waals surface area contributed by atoms with Crippen molar-refractivity contribution in [2.45, 2.75) is 13.0 Å². The summed E-state index contributed by atoms with van der Waals surface area (Å²) in [4.78, 5) is 15.3. The number of aromatic carboxylic acids is 1. The molecule has 0 atom stereocenters. The van der Waals surface area contributed by atoms with Crippen molar-refractivity contribution in [2.24, 2.45) is 0 Å². The molecule has 0 amide bonds. The lowest BCUT2D eigenvalue weighted by Gasteiger charge is -2.10. The van der Waals surface area contributed by atoms with Gasteiger partial charge < -0.3 is 14.6 Å². The molecule has 0 spiro atoms. The van der Waals surface area contributed by atoms with Crippen LogP contribution < -0.4 is 4.74 Å². The summed E-state index contributed by atoms with van der Waals surface area (Å²) in [5.74, 6) is -0.534. The Bertz CT molecular complexity index is 849. The summed E-state index contributed by atoms with van der Waals surface area (Å²) in [5.41, 5.74) is 1.72. The normalized spacial score (nSPS) is 10.7. The van der Waals surface area contributed by atoms with Gasteiger partial charge in [0.1, 0.15) is 5.75 Å². The number of nitrogens with zero attached hydrogens (tertiary/aromatic N) is 1. The van der Waals surface area contributed by atoms with Crippen LogP contribution in [0.25, 0.3) is 10.9 Å². The van der Waals surface area contributed by atoms with E-state index >= 15 is 0 Å². The highest BCUT2D eigenvalue weighted by Gasteiger charge is 2.11. The Labute approximate surface area is 145 Å². The SMILES string of the molecule is O=C(O)c1cc(OCCCOCc2ccccc2)c2ccccc2n1. The van der Waals surface area contributed by atoms with Crippen LogP contribution in [0.15, 0.2) is 60.7 Å². The van der Waals surface area contributed by atoms with Crippen molar-refractivity contribution in [3.63, 3.8) is 0 Å². The molecular weight excluding hydrogens is 318 g/mol. The summed E-state index contributed by atoms with van der Waals surface area (Å²) in [6.45, 7) is 1.59. The standard InChI is InChI=1S/C20H19NO4/c22-20(23)18-13-19(16-9-4-5-10-17(16)21-18)25-12-6-11-24-14-15-7-2-1-3-8-15/h1-5,7-10,13H,6,11-12,14H2,(H,22,23). The summed E-state index contributed by atoms with van der Waals surface area (Å²) in [5, 5.41) is 9.98. The zero-order valence-electron chi connectivity index (χ0n) is 13.7. The Hall–Kier alpha value is -2.92. The Morgan fingerprint density at radius 3 is 2.56 bits per heavy atom. The topological polar surface area (TPSA) is 68.7 Å². The van der Waals surface area contributed by atoms with Crippen LogP contribution in [0.1, 0.15) is 22.5 Å². The smallest absolute Gasteiger partial charge is 0.354 e. The van der Waals surface area contributed by atoms with Gasteiger partial charge in [-0.05, 0) is 17.7 Å². The number of carbonyl (C=O) groups is 1. The van der Waals surface area contributed by atoms with Gasteiger partial charge in [0, 0.05) is 17.9 Å². The van der Waals surface area contributed by atoms with E-state index in [0.717, 1.165) is 10.9 Å². The number of carboxylic acid groups (broad SMARTS) is 1. The number of benzene rings is 2. The summed E-state index contributed by atoms with van der Waals surface area (Å²) in [6.07, 6.45) is 0.714. The Kier molecular flexibility index (Phi) is 5.59. The Morgan fingerprint density at radius 2 is 1.76 bits per heavy atom. The van der Waals surface area contributed by atoms with E-state index in [1.54, 1.807) is 6.07 Å². The first-order valence-corrected chi connectivity index (χ1v) is 8.11. The maximum Gasteiger partial charge on any atom is 0.354 e. The quantitative estimate of drug-likeness (QED) is 0.631. The van der Waals surface area contributed by atoms with Crippen molar-refractivity contribution < 1.29 is 19.4 Å². The first-order valence-electron chi connectivity index (χ1n) is 8.11. The van der Waals surface area contributed by atoms with Crippen LogP contribution in [0, 0.1) is 0 Å². The molecule has 128 valence electrons. The minimum atomic E-state index is -1.07. The van der Waals surface area contributed by atoms with Crippen LogP contribution in [0.2, 0.25) is 0 Å². The van der Waals surface area contributed by atoms with Gasteiger partial charge in [-0.15, -0.1) is 0 Å². The van der Waals surface area contributed by atoms with Crippen molar-refractivity contribution in [3.8, 4) is 5.75 Å². The van der Waals surface area contributed by atoms with Gasteiger partial charge in [-0.2, -0.15) is 0 Å². The largest absolute Gasteiger partial charge is 0.493 e. The van der Waals surface area contributed by atoms with Crippen LogP contribution in [0.5, 0.6) is 5.75 Å². The maximum absolute atomic E-state index is 11.2. The van der Waals surface area contributed by atoms with Crippen LogP contribution in [0.3, 0.4) is 0 Å². The number of hydrogen-bond donors (Lipinski definition) is 1. The predicted octanol–water partition coefficient (Wildman–Crippen LogP) is 3.92. The number of pyridine rings is 1. The molecule has 0 fully saturated rings. The molecule has 1 heterocycles. The summed E-state index contributed by atoms with van der Waals surface area (Å²) in [6, 6.07) is 18.8. The van der Waals surface area contributed by atoms with E-state index in [1.165, 1.54) is 6.07 Å². The molecule has 5 nitrogen and oxygen atoms in total. The fourth-order valence-corrected chi connectivity index (χ4v) is 2.48. The van der Waals surface area contributed by atoms with Gasteiger partial charge in [-0.1, -0.05) is 42.5 Å². The van der Waals surface area contributed by atoms with Gasteiger partial charge in [-0.3, -0.25) is 0 Å². The molecule has 5 heteroatoms. The molecule has 0 unspecified atom stereocenters. The van der Waals surface area contributed by atoms with Crippen LogP contribution >= 0.6 is 0 Å². The third kappa shape index (κ3) is 4.55. The molecule has 1 N–H and O–H groups in total. The third-order valence-corrected chi connectivity index (χ3v) is 3.70. The van der Waals surface area contributed by atoms with E-state index in [0.29, 0.717) is 37.5 Å². The summed E-state index contributed by atoms with van der Waals surface area (Å²) < 4.78 is 11.4. The lowest BCUT2D eigenvalue weighted by atomic mass is 10.2. The molecule has 0 bridgehead atoms. The fraction of sp³-hybridized carbons (Fsp3) is 0.200. The van der Waals surface area contributed by atoms with Gasteiger partial charge in [0.05, 0.1) is 25.3 Å². The lowest BCUT2D eigenvalue weighted by molar-refractivity contribution is 0.0690. The van der Waals surface area contributed by atoms with E-state index in [-0.39, 0.29) is 5.69 Å². The average Bonchev–Trinajstić information content (AvgIpc) is 2.65. The molecule has 0 saturated heterocycles. The van der Waals surface area contributed by atoms with Crippen LogP contribution in [-0.4, -0.2) is 29.3 Å². The number of ether oxygens (including phenoxy) is 2. The molecule has 0 aliphatic carbocycles. The zero-order chi connectivity index (χ0) is 17.5. The molecule has 0 radical (unpaired) electrons. The molecule has 0 aliphatic rings. The maximum atomic E-state index is 11.2. The molecule has 3 rings (SSSR count). The monoisotopic (exact) mass is 337 g/mol. The lowest BCUT2D eigenvalue weighted by Crippen LogP contribution is -2.06. The highest BCUT2D eigenvalue weighted by atomic mass is 16.5. The summed E-state index contributed by atoms with van der Waals surface area (Å²) in [7, 11) is 0. The minimum Gasteiger partial charge on any atom is -0.493 e. The predicted molar refractivity (Wildman–Crippen MR) is 94.9 cm³/mol. The van der Waals surface area contributed by atoms with E-state index in [4.69, 9.17) is 9.47 Å². The highest BCUT2D eigenvalue weighted by molar-refractivity contribution is 5.93. The number of hydrogen-bond acceptors (Lipinski definition) is 4. The van der Waals surface area contributed by atoms with Gasteiger partial charge in [0.15, 0.2) is 5.69 Å². The van der Waals surface area contributed by atoms with Crippen LogP contribution in [-0.2, 0) is 11.3 Å². The number of fused-ring (bicyclic) bond motifs is 1. The first kappa shape index (κ1) is 16.9. The zero-order valence-corrected chi connectivity index (χ0v) is 13.7. The Balaban J connectivity index is 1.55. The molecule has 1 aromatic heterocycles. The van der Waals surface area contributed by atoms with E-state index in [9.17, 15) is 9.90 Å². The van der Waals surface area contributed by atoms with Gasteiger partial charge in [-0.25, -0.2) is 9.78 Å². The molecule has 2 aromatic carbocycles. The molecule has 3 aromatic rings. The van der Waals surface area contributed by atoms with Crippen molar-refractivity contribution in [1.82, 2.24) is 4.98 Å². The van der Waals surface area contributed by atoms with E-state index in [2.05, 4.69) is 4.98 Å². The third-order valence-electron chi connectivity index (χ3n) is 3.70. The van der Waals surface area contributed by atoms with Crippen molar-refractivity contribution in [3.05, 3.63) is 71.9 Å². The van der Waals surface area contributed by atoms with Gasteiger partial charge in [0.2, 0.25) is 0 Å². The molecular formula is C20H19NO4. The van der Waals surface area contributed by atoms with Gasteiger partial charge in [0.25, 0.3) is 0 Å². The number of aromatic nitrogens is 1. The fourth-order valence-electron chi connectivity index (χ4n) is 2.48. The molecule has 25 heavy (non-hydrogen) atoms. The van der Waals surface area contributed by atoms with Gasteiger partial charge >= 0.3 is 5.97 Å². The highest BCUT2D eigenvalue weighted by Crippen LogP contribution is 2.25. The Morgan fingerprint density at radius 1 is 1.00 bits per heavy atom. The summed E-state index contributed by atoms with van der Waals surface area (Å²) >= 11 is 0. The van der Waals surface area contributed by atoms with Crippen LogP contribution in [0.4, 0.5) is 0 Å². The number of carboxylic acids is 1. The molecule has 0 saturated carbocycles.